The Hall–Kier alpha value is -2.93. The molecule has 1 aliphatic heterocycles. The van der Waals surface area contributed by atoms with Crippen LogP contribution in [0.1, 0.15) is 17.9 Å². The topological polar surface area (TPSA) is 82.2 Å². The van der Waals surface area contributed by atoms with Crippen molar-refractivity contribution in [1.29, 1.82) is 0 Å². The third-order valence-corrected chi connectivity index (χ3v) is 4.68. The number of ether oxygens (including phenoxy) is 1. The first-order chi connectivity index (χ1) is 13.2. The zero-order valence-electron chi connectivity index (χ0n) is 15.2. The monoisotopic (exact) mass is 366 g/mol. The summed E-state index contributed by atoms with van der Waals surface area (Å²) in [6.07, 6.45) is 2.87. The van der Waals surface area contributed by atoms with E-state index in [4.69, 9.17) is 9.15 Å². The van der Waals surface area contributed by atoms with Crippen LogP contribution in [0.3, 0.4) is 0 Å². The maximum atomic E-state index is 12.5. The lowest BCUT2D eigenvalue weighted by Crippen LogP contribution is -2.20. The van der Waals surface area contributed by atoms with Gasteiger partial charge >= 0.3 is 0 Å². The van der Waals surface area contributed by atoms with Crippen LogP contribution in [0.2, 0.25) is 0 Å². The van der Waals surface area contributed by atoms with Gasteiger partial charge in [0.2, 0.25) is 11.8 Å². The Balaban J connectivity index is 1.42. The number of benzene rings is 1. The molecule has 2 aromatic heterocycles. The summed E-state index contributed by atoms with van der Waals surface area (Å²) in [5, 5.41) is 7.24. The minimum Gasteiger partial charge on any atom is -0.441 e. The fourth-order valence-electron chi connectivity index (χ4n) is 3.19. The Morgan fingerprint density at radius 1 is 1.30 bits per heavy atom. The van der Waals surface area contributed by atoms with E-state index >= 15 is 0 Å². The number of anilines is 1. The van der Waals surface area contributed by atoms with Crippen LogP contribution in [0.5, 0.6) is 0 Å². The molecule has 7 nitrogen and oxygen atoms in total. The summed E-state index contributed by atoms with van der Waals surface area (Å²) < 4.78 is 13.0. The molecule has 1 aromatic carbocycles. The van der Waals surface area contributed by atoms with Gasteiger partial charge in [-0.1, -0.05) is 18.2 Å². The smallest absolute Gasteiger partial charge is 0.231 e. The number of rotatable bonds is 6. The highest BCUT2D eigenvalue weighted by Crippen LogP contribution is 2.22. The van der Waals surface area contributed by atoms with Gasteiger partial charge in [0.1, 0.15) is 11.6 Å². The quantitative estimate of drug-likeness (QED) is 0.725. The number of nitrogens with zero attached hydrogens (tertiary/aromatic N) is 3. The first kappa shape index (κ1) is 17.5. The molecule has 0 spiro atoms. The molecular weight excluding hydrogens is 344 g/mol. The number of aromatic nitrogens is 3. The van der Waals surface area contributed by atoms with Crippen molar-refractivity contribution in [2.24, 2.45) is 5.92 Å². The summed E-state index contributed by atoms with van der Waals surface area (Å²) in [6, 6.07) is 11.5. The van der Waals surface area contributed by atoms with Crippen molar-refractivity contribution in [1.82, 2.24) is 14.8 Å². The maximum absolute atomic E-state index is 12.5. The molecule has 1 fully saturated rings. The van der Waals surface area contributed by atoms with Gasteiger partial charge in [-0.3, -0.25) is 4.79 Å². The largest absolute Gasteiger partial charge is 0.441 e. The van der Waals surface area contributed by atoms with Gasteiger partial charge in [0.15, 0.2) is 0 Å². The van der Waals surface area contributed by atoms with Gasteiger partial charge in [0.05, 0.1) is 24.9 Å². The lowest BCUT2D eigenvalue weighted by atomic mass is 10.1. The molecule has 3 aromatic rings. The predicted molar refractivity (Wildman–Crippen MR) is 100 cm³/mol. The van der Waals surface area contributed by atoms with Gasteiger partial charge in [-0.25, -0.2) is 9.67 Å². The van der Waals surface area contributed by atoms with E-state index in [1.165, 1.54) is 0 Å². The molecule has 1 N–H and O–H groups in total. The molecule has 0 radical (unpaired) electrons. The predicted octanol–water partition coefficient (Wildman–Crippen LogP) is 3.06. The maximum Gasteiger partial charge on any atom is 0.231 e. The summed E-state index contributed by atoms with van der Waals surface area (Å²) >= 11 is 0. The molecule has 3 heterocycles. The van der Waals surface area contributed by atoms with Crippen LogP contribution < -0.4 is 5.32 Å². The average molecular weight is 366 g/mol. The molecule has 0 bridgehead atoms. The second-order valence-electron chi connectivity index (χ2n) is 6.74. The number of carbonyl (C=O) groups excluding carboxylic acids is 1. The lowest BCUT2D eigenvalue weighted by Gasteiger charge is -2.12. The highest BCUT2D eigenvalue weighted by molar-refractivity contribution is 5.91. The van der Waals surface area contributed by atoms with E-state index in [1.54, 1.807) is 12.3 Å². The molecule has 1 amide bonds. The summed E-state index contributed by atoms with van der Waals surface area (Å²) in [4.78, 5) is 17.0. The fraction of sp³-hybridized carbons (Fsp3) is 0.350. The number of amides is 1. The van der Waals surface area contributed by atoms with Crippen molar-refractivity contribution in [2.75, 3.05) is 18.5 Å². The highest BCUT2D eigenvalue weighted by Gasteiger charge is 2.19. The van der Waals surface area contributed by atoms with Crippen LogP contribution in [-0.2, 0) is 22.5 Å². The van der Waals surface area contributed by atoms with E-state index in [0.717, 1.165) is 31.7 Å². The van der Waals surface area contributed by atoms with E-state index in [1.807, 2.05) is 41.9 Å². The summed E-state index contributed by atoms with van der Waals surface area (Å²) in [5.74, 6) is 2.17. The Labute approximate surface area is 157 Å². The van der Waals surface area contributed by atoms with Gasteiger partial charge in [0, 0.05) is 30.7 Å². The molecule has 140 valence electrons. The van der Waals surface area contributed by atoms with Gasteiger partial charge in [-0.05, 0) is 25.5 Å². The van der Waals surface area contributed by atoms with Gasteiger partial charge < -0.3 is 14.5 Å². The molecule has 7 heteroatoms. The summed E-state index contributed by atoms with van der Waals surface area (Å²) in [5.41, 5.74) is 1.53. The third-order valence-electron chi connectivity index (χ3n) is 4.68. The van der Waals surface area contributed by atoms with Crippen LogP contribution in [0.25, 0.3) is 11.5 Å². The summed E-state index contributed by atoms with van der Waals surface area (Å²) in [6.45, 7) is 4.10. The SMILES string of the molecule is Cc1oc(-c2ccccc2)nc1CC(=O)Nc1ccnn1C[C@@H]1CCOC1. The van der Waals surface area contributed by atoms with Crippen LogP contribution in [-0.4, -0.2) is 33.9 Å². The fourth-order valence-corrected chi connectivity index (χ4v) is 3.19. The lowest BCUT2D eigenvalue weighted by molar-refractivity contribution is -0.115. The van der Waals surface area contributed by atoms with Crippen molar-refractivity contribution in [3.05, 3.63) is 54.0 Å². The standard InChI is InChI=1S/C20H22N4O3/c1-14-17(22-20(27-14)16-5-3-2-4-6-16)11-19(25)23-18-7-9-21-24(18)12-15-8-10-26-13-15/h2-7,9,15H,8,10-13H2,1H3,(H,23,25)/t15-/m0/s1. The minimum atomic E-state index is -0.143. The molecule has 1 saturated heterocycles. The van der Waals surface area contributed by atoms with E-state index < -0.39 is 0 Å². The normalized spacial score (nSPS) is 16.6. The molecular formula is C20H22N4O3. The van der Waals surface area contributed by atoms with E-state index in [9.17, 15) is 4.79 Å². The average Bonchev–Trinajstić information content (AvgIpc) is 3.40. The molecule has 1 aliphatic rings. The molecule has 1 atom stereocenters. The number of nitrogens with one attached hydrogen (secondary N) is 1. The van der Waals surface area contributed by atoms with Crippen LogP contribution in [0.15, 0.2) is 47.0 Å². The molecule has 0 saturated carbocycles. The van der Waals surface area contributed by atoms with Gasteiger partial charge in [0.25, 0.3) is 0 Å². The van der Waals surface area contributed by atoms with Crippen LogP contribution >= 0.6 is 0 Å². The Morgan fingerprint density at radius 3 is 2.93 bits per heavy atom. The van der Waals surface area contributed by atoms with Crippen LogP contribution in [0.4, 0.5) is 5.82 Å². The van der Waals surface area contributed by atoms with Crippen molar-refractivity contribution >= 4 is 11.7 Å². The Morgan fingerprint density at radius 2 is 2.15 bits per heavy atom. The van der Waals surface area contributed by atoms with Crippen LogP contribution in [0, 0.1) is 12.8 Å². The number of hydrogen-bond acceptors (Lipinski definition) is 5. The van der Waals surface area contributed by atoms with E-state index in [0.29, 0.717) is 29.1 Å². The first-order valence-corrected chi connectivity index (χ1v) is 9.10. The molecule has 27 heavy (non-hydrogen) atoms. The zero-order chi connectivity index (χ0) is 18.6. The van der Waals surface area contributed by atoms with Crippen molar-refractivity contribution < 1.29 is 13.9 Å². The van der Waals surface area contributed by atoms with Crippen molar-refractivity contribution in [2.45, 2.75) is 26.3 Å². The third kappa shape index (κ3) is 4.09. The molecule has 0 unspecified atom stereocenters. The highest BCUT2D eigenvalue weighted by atomic mass is 16.5. The van der Waals surface area contributed by atoms with Gasteiger partial charge in [-0.2, -0.15) is 5.10 Å². The Bertz CT molecular complexity index is 910. The zero-order valence-corrected chi connectivity index (χ0v) is 15.2. The minimum absolute atomic E-state index is 0.143. The Kier molecular flexibility index (Phi) is 5.02. The number of hydrogen-bond donors (Lipinski definition) is 1. The molecule has 0 aliphatic carbocycles. The van der Waals surface area contributed by atoms with Crippen molar-refractivity contribution in [3.8, 4) is 11.5 Å². The van der Waals surface area contributed by atoms with E-state index in [2.05, 4.69) is 15.4 Å². The summed E-state index contributed by atoms with van der Waals surface area (Å²) in [7, 11) is 0. The first-order valence-electron chi connectivity index (χ1n) is 9.10. The molecule has 4 rings (SSSR count). The van der Waals surface area contributed by atoms with Gasteiger partial charge in [-0.15, -0.1) is 0 Å². The number of oxazole rings is 1. The number of aryl methyl sites for hydroxylation is 1. The van der Waals surface area contributed by atoms with E-state index in [-0.39, 0.29) is 12.3 Å². The second kappa shape index (κ2) is 7.75. The van der Waals surface area contributed by atoms with Crippen molar-refractivity contribution in [3.63, 3.8) is 0 Å². The second-order valence-corrected chi connectivity index (χ2v) is 6.74. The number of carbonyl (C=O) groups is 1.